The van der Waals surface area contributed by atoms with E-state index in [1.165, 1.54) is 12.1 Å². The zero-order chi connectivity index (χ0) is 25.3. The Morgan fingerprint density at radius 1 is 1.14 bits per heavy atom. The molecule has 2 aliphatic rings. The monoisotopic (exact) mass is 489 g/mol. The van der Waals surface area contributed by atoms with Crippen molar-refractivity contribution in [1.29, 1.82) is 0 Å². The van der Waals surface area contributed by atoms with Crippen molar-refractivity contribution in [2.45, 2.75) is 70.4 Å². The number of carbonyl (C=O) groups is 1. The van der Waals surface area contributed by atoms with Gasteiger partial charge in [-0.3, -0.25) is 9.78 Å². The van der Waals surface area contributed by atoms with Gasteiger partial charge in [-0.2, -0.15) is 0 Å². The molecule has 188 valence electrons. The Morgan fingerprint density at radius 3 is 2.61 bits per heavy atom. The van der Waals surface area contributed by atoms with E-state index in [-0.39, 0.29) is 30.4 Å². The minimum Gasteiger partial charge on any atom is -0.466 e. The number of halogens is 1. The molecule has 1 saturated heterocycles. The molecule has 1 aliphatic heterocycles. The van der Waals surface area contributed by atoms with Gasteiger partial charge in [-0.15, -0.1) is 0 Å². The van der Waals surface area contributed by atoms with E-state index in [0.717, 1.165) is 46.1 Å². The van der Waals surface area contributed by atoms with E-state index in [9.17, 15) is 9.18 Å². The van der Waals surface area contributed by atoms with E-state index in [1.54, 1.807) is 6.92 Å². The molecule has 0 N–H and O–H groups in total. The summed E-state index contributed by atoms with van der Waals surface area (Å²) in [6.45, 7) is 5.87. The normalized spacial score (nSPS) is 21.7. The van der Waals surface area contributed by atoms with Gasteiger partial charge in [-0.05, 0) is 57.4 Å². The summed E-state index contributed by atoms with van der Waals surface area (Å²) in [6.07, 6.45) is 6.56. The van der Waals surface area contributed by atoms with Crippen LogP contribution in [0.2, 0.25) is 0 Å². The van der Waals surface area contributed by atoms with Gasteiger partial charge in [0.15, 0.2) is 5.79 Å². The third kappa shape index (κ3) is 5.50. The Hall–Kier alpha value is -3.09. The van der Waals surface area contributed by atoms with Gasteiger partial charge in [-0.1, -0.05) is 42.5 Å². The van der Waals surface area contributed by atoms with Gasteiger partial charge in [0.2, 0.25) is 0 Å². The van der Waals surface area contributed by atoms with Crippen LogP contribution in [0.1, 0.15) is 63.6 Å². The molecule has 0 amide bonds. The summed E-state index contributed by atoms with van der Waals surface area (Å²) in [6, 6.07) is 14.8. The van der Waals surface area contributed by atoms with Crippen LogP contribution >= 0.6 is 0 Å². The number of carbonyl (C=O) groups excluding carboxylic acids is 1. The molecule has 0 spiro atoms. The second-order valence-electron chi connectivity index (χ2n) is 9.98. The first-order chi connectivity index (χ1) is 17.3. The number of nitrogens with zero attached hydrogens (tertiary/aromatic N) is 1. The first-order valence-electron chi connectivity index (χ1n) is 12.7. The van der Waals surface area contributed by atoms with E-state index < -0.39 is 5.79 Å². The van der Waals surface area contributed by atoms with Crippen molar-refractivity contribution >= 4 is 22.9 Å². The summed E-state index contributed by atoms with van der Waals surface area (Å²) in [7, 11) is 0. The lowest BCUT2D eigenvalue weighted by Gasteiger charge is -2.39. The summed E-state index contributed by atoms with van der Waals surface area (Å²) < 4.78 is 31.1. The molecule has 0 radical (unpaired) electrons. The molecule has 1 aliphatic carbocycles. The van der Waals surface area contributed by atoms with Crippen LogP contribution in [0.3, 0.4) is 0 Å². The van der Waals surface area contributed by atoms with E-state index in [4.69, 9.17) is 19.2 Å². The lowest BCUT2D eigenvalue weighted by Crippen LogP contribution is -2.44. The maximum atomic E-state index is 13.8. The highest BCUT2D eigenvalue weighted by atomic mass is 19.1. The molecule has 5 rings (SSSR count). The Bertz CT molecular complexity index is 1280. The first kappa shape index (κ1) is 24.6. The average Bonchev–Trinajstić information content (AvgIpc) is 3.67. The van der Waals surface area contributed by atoms with Crippen LogP contribution in [-0.4, -0.2) is 35.6 Å². The second-order valence-corrected chi connectivity index (χ2v) is 9.98. The molecule has 6 heteroatoms. The van der Waals surface area contributed by atoms with Crippen molar-refractivity contribution in [3.63, 3.8) is 0 Å². The summed E-state index contributed by atoms with van der Waals surface area (Å²) in [5.74, 6) is -0.944. The predicted molar refractivity (Wildman–Crippen MR) is 138 cm³/mol. The molecule has 5 nitrogen and oxygen atoms in total. The Kier molecular flexibility index (Phi) is 6.91. The van der Waals surface area contributed by atoms with Crippen LogP contribution in [0.4, 0.5) is 4.39 Å². The van der Waals surface area contributed by atoms with Gasteiger partial charge in [0.1, 0.15) is 5.82 Å². The predicted octanol–water partition coefficient (Wildman–Crippen LogP) is 6.79. The molecule has 2 fully saturated rings. The lowest BCUT2D eigenvalue weighted by molar-refractivity contribution is -0.290. The van der Waals surface area contributed by atoms with Gasteiger partial charge in [-0.25, -0.2) is 4.39 Å². The molecule has 36 heavy (non-hydrogen) atoms. The third-order valence-corrected chi connectivity index (χ3v) is 6.61. The molecule has 1 saturated carbocycles. The topological polar surface area (TPSA) is 57.7 Å². The second kappa shape index (κ2) is 10.1. The number of esters is 1. The third-order valence-electron chi connectivity index (χ3n) is 6.61. The largest absolute Gasteiger partial charge is 0.466 e. The quantitative estimate of drug-likeness (QED) is 0.342. The zero-order valence-corrected chi connectivity index (χ0v) is 21.0. The minimum atomic E-state index is -0.828. The van der Waals surface area contributed by atoms with Crippen molar-refractivity contribution in [1.82, 2.24) is 4.98 Å². The Labute approximate surface area is 211 Å². The summed E-state index contributed by atoms with van der Waals surface area (Å²) in [5, 5.41) is 1.03. The fourth-order valence-electron chi connectivity index (χ4n) is 5.01. The first-order valence-corrected chi connectivity index (χ1v) is 12.7. The standard InChI is InChI=1S/C30H32FNO4/c1-4-34-27(33)18-23-17-22(35-30(2,3)36-23)15-16-25-28(19-11-13-21(31)14-12-19)24-7-5-6-8-26(24)32-29(25)20-9-10-20/h5-8,11-16,20,22-23H,4,9-10,17-18H2,1-3H3/b16-15+/t22?,23-/m1/s1. The fraction of sp³-hybridized carbons (Fsp3) is 0.400. The molecule has 3 aromatic rings. The van der Waals surface area contributed by atoms with Crippen LogP contribution in [0.15, 0.2) is 54.6 Å². The van der Waals surface area contributed by atoms with E-state index >= 15 is 0 Å². The highest BCUT2D eigenvalue weighted by Crippen LogP contribution is 2.45. The molecule has 2 aromatic carbocycles. The minimum absolute atomic E-state index is 0.191. The number of benzene rings is 2. The highest BCUT2D eigenvalue weighted by molar-refractivity contribution is 5.99. The van der Waals surface area contributed by atoms with Crippen LogP contribution < -0.4 is 0 Å². The van der Waals surface area contributed by atoms with E-state index in [2.05, 4.69) is 12.1 Å². The zero-order valence-electron chi connectivity index (χ0n) is 21.0. The molecule has 1 aromatic heterocycles. The van der Waals surface area contributed by atoms with Gasteiger partial charge in [0, 0.05) is 28.9 Å². The van der Waals surface area contributed by atoms with Crippen LogP contribution in [0, 0.1) is 5.82 Å². The summed E-state index contributed by atoms with van der Waals surface area (Å²) >= 11 is 0. The highest BCUT2D eigenvalue weighted by Gasteiger charge is 2.36. The lowest BCUT2D eigenvalue weighted by atomic mass is 9.92. The molecule has 2 heterocycles. The maximum Gasteiger partial charge on any atom is 0.308 e. The van der Waals surface area contributed by atoms with Crippen molar-refractivity contribution in [2.75, 3.05) is 6.61 Å². The number of aromatic nitrogens is 1. The van der Waals surface area contributed by atoms with Gasteiger partial charge >= 0.3 is 5.97 Å². The van der Waals surface area contributed by atoms with Crippen molar-refractivity contribution in [2.24, 2.45) is 0 Å². The molecular formula is C30H32FNO4. The summed E-state index contributed by atoms with van der Waals surface area (Å²) in [5.41, 5.74) is 5.04. The molecular weight excluding hydrogens is 457 g/mol. The maximum absolute atomic E-state index is 13.8. The number of ether oxygens (including phenoxy) is 3. The number of rotatable bonds is 7. The van der Waals surface area contributed by atoms with Crippen LogP contribution in [0.25, 0.3) is 28.1 Å². The van der Waals surface area contributed by atoms with Gasteiger partial charge in [0.05, 0.1) is 36.4 Å². The number of hydrogen-bond donors (Lipinski definition) is 0. The summed E-state index contributed by atoms with van der Waals surface area (Å²) in [4.78, 5) is 17.1. The average molecular weight is 490 g/mol. The Morgan fingerprint density at radius 2 is 1.89 bits per heavy atom. The smallest absolute Gasteiger partial charge is 0.308 e. The molecule has 0 bridgehead atoms. The van der Waals surface area contributed by atoms with E-state index in [1.807, 2.05) is 50.3 Å². The Balaban J connectivity index is 1.54. The van der Waals surface area contributed by atoms with Crippen LogP contribution in [-0.2, 0) is 19.0 Å². The van der Waals surface area contributed by atoms with E-state index in [0.29, 0.717) is 18.9 Å². The number of para-hydroxylation sites is 1. The number of fused-ring (bicyclic) bond motifs is 1. The number of pyridine rings is 1. The SMILES string of the molecule is CCOC(=O)C[C@H]1CC(/C=C/c2c(C3CC3)nc3ccccc3c2-c2ccc(F)cc2)OC(C)(C)O1. The van der Waals surface area contributed by atoms with Crippen molar-refractivity contribution in [3.05, 3.63) is 71.7 Å². The molecule has 1 unspecified atom stereocenters. The molecule has 2 atom stereocenters. The van der Waals surface area contributed by atoms with Crippen molar-refractivity contribution in [3.8, 4) is 11.1 Å². The van der Waals surface area contributed by atoms with Gasteiger partial charge < -0.3 is 14.2 Å². The van der Waals surface area contributed by atoms with Crippen molar-refractivity contribution < 1.29 is 23.4 Å². The van der Waals surface area contributed by atoms with Crippen LogP contribution in [0.5, 0.6) is 0 Å². The van der Waals surface area contributed by atoms with Gasteiger partial charge in [0.25, 0.3) is 0 Å². The number of hydrogen-bond acceptors (Lipinski definition) is 5. The fourth-order valence-corrected chi connectivity index (χ4v) is 5.01.